The van der Waals surface area contributed by atoms with Crippen molar-refractivity contribution in [3.8, 4) is 0 Å². The summed E-state index contributed by atoms with van der Waals surface area (Å²) >= 11 is 0. The Morgan fingerprint density at radius 2 is 2.05 bits per heavy atom. The van der Waals surface area contributed by atoms with E-state index >= 15 is 0 Å². The molecule has 0 aromatic rings. The van der Waals surface area contributed by atoms with E-state index in [2.05, 4.69) is 0 Å². The van der Waals surface area contributed by atoms with Crippen molar-refractivity contribution >= 4 is 17.8 Å². The molecule has 0 spiro atoms. The van der Waals surface area contributed by atoms with E-state index in [1.165, 1.54) is 4.90 Å². The maximum atomic E-state index is 12.4. The molecule has 20 heavy (non-hydrogen) atoms. The van der Waals surface area contributed by atoms with E-state index in [1.807, 2.05) is 13.8 Å². The molecule has 0 saturated carbocycles. The van der Waals surface area contributed by atoms with Gasteiger partial charge >= 0.3 is 5.97 Å². The number of aliphatic carboxylic acids is 1. The SMILES string of the molecule is CC(C)N1C[C@H](C(=O)N2CCO[C@@H](C(=O)O)C2)CC1=O. The van der Waals surface area contributed by atoms with Gasteiger partial charge in [0.1, 0.15) is 0 Å². The molecule has 0 unspecified atom stereocenters. The van der Waals surface area contributed by atoms with Crippen LogP contribution in [0, 0.1) is 5.92 Å². The van der Waals surface area contributed by atoms with Crippen molar-refractivity contribution in [1.82, 2.24) is 9.80 Å². The van der Waals surface area contributed by atoms with Crippen LogP contribution in [0.15, 0.2) is 0 Å². The number of ether oxygens (including phenoxy) is 1. The number of amides is 2. The van der Waals surface area contributed by atoms with Gasteiger partial charge < -0.3 is 19.6 Å². The number of carbonyl (C=O) groups excluding carboxylic acids is 2. The van der Waals surface area contributed by atoms with E-state index in [-0.39, 0.29) is 43.3 Å². The van der Waals surface area contributed by atoms with E-state index in [9.17, 15) is 14.4 Å². The van der Waals surface area contributed by atoms with Crippen LogP contribution in [0.4, 0.5) is 0 Å². The molecule has 7 nitrogen and oxygen atoms in total. The third-order valence-electron chi connectivity index (χ3n) is 3.78. The molecule has 2 saturated heterocycles. The smallest absolute Gasteiger partial charge is 0.334 e. The minimum atomic E-state index is -1.06. The lowest BCUT2D eigenvalue weighted by molar-refractivity contribution is -0.160. The molecule has 7 heteroatoms. The summed E-state index contributed by atoms with van der Waals surface area (Å²) in [7, 11) is 0. The second-order valence-corrected chi connectivity index (χ2v) is 5.52. The van der Waals surface area contributed by atoms with Gasteiger partial charge in [0.05, 0.1) is 19.1 Å². The summed E-state index contributed by atoms with van der Waals surface area (Å²) in [5.41, 5.74) is 0. The molecule has 1 N–H and O–H groups in total. The second kappa shape index (κ2) is 5.78. The number of nitrogens with zero attached hydrogens (tertiary/aromatic N) is 2. The van der Waals surface area contributed by atoms with Crippen LogP contribution in [0.3, 0.4) is 0 Å². The van der Waals surface area contributed by atoms with Gasteiger partial charge in [-0.1, -0.05) is 0 Å². The van der Waals surface area contributed by atoms with Crippen molar-refractivity contribution < 1.29 is 24.2 Å². The first kappa shape index (κ1) is 14.8. The van der Waals surface area contributed by atoms with Crippen LogP contribution in [0.2, 0.25) is 0 Å². The Morgan fingerprint density at radius 1 is 1.35 bits per heavy atom. The first-order chi connectivity index (χ1) is 9.40. The third kappa shape index (κ3) is 2.92. The van der Waals surface area contributed by atoms with Crippen LogP contribution in [-0.2, 0) is 19.1 Å². The highest BCUT2D eigenvalue weighted by Gasteiger charge is 2.39. The number of hydrogen-bond acceptors (Lipinski definition) is 4. The summed E-state index contributed by atoms with van der Waals surface area (Å²) in [6.07, 6.45) is -0.752. The predicted octanol–water partition coefficient (Wildman–Crippen LogP) is -0.445. The number of morpholine rings is 1. The molecule has 0 aliphatic carbocycles. The highest BCUT2D eigenvalue weighted by Crippen LogP contribution is 2.23. The molecule has 0 aromatic heterocycles. The van der Waals surface area contributed by atoms with Crippen LogP contribution in [0.5, 0.6) is 0 Å². The second-order valence-electron chi connectivity index (χ2n) is 5.52. The van der Waals surface area contributed by atoms with Gasteiger partial charge in [0.25, 0.3) is 0 Å². The van der Waals surface area contributed by atoms with Crippen LogP contribution in [-0.4, -0.2) is 71.1 Å². The number of carboxylic acids is 1. The first-order valence-corrected chi connectivity index (χ1v) is 6.82. The average molecular weight is 284 g/mol. The van der Waals surface area contributed by atoms with E-state index in [1.54, 1.807) is 4.90 Å². The summed E-state index contributed by atoms with van der Waals surface area (Å²) in [5, 5.41) is 8.93. The monoisotopic (exact) mass is 284 g/mol. The maximum Gasteiger partial charge on any atom is 0.334 e. The van der Waals surface area contributed by atoms with E-state index in [4.69, 9.17) is 9.84 Å². The molecule has 2 fully saturated rings. The van der Waals surface area contributed by atoms with E-state index in [0.29, 0.717) is 13.1 Å². The van der Waals surface area contributed by atoms with Crippen molar-refractivity contribution in [1.29, 1.82) is 0 Å². The Kier molecular flexibility index (Phi) is 4.27. The van der Waals surface area contributed by atoms with Crippen molar-refractivity contribution in [2.24, 2.45) is 5.92 Å². The molecule has 2 rings (SSSR count). The van der Waals surface area contributed by atoms with Crippen molar-refractivity contribution in [2.45, 2.75) is 32.4 Å². The quantitative estimate of drug-likeness (QED) is 0.759. The Hall–Kier alpha value is -1.63. The molecular formula is C13H20N2O5. The highest BCUT2D eigenvalue weighted by atomic mass is 16.5. The molecule has 0 radical (unpaired) electrons. The molecule has 2 aliphatic heterocycles. The van der Waals surface area contributed by atoms with Gasteiger partial charge in [0.2, 0.25) is 11.8 Å². The minimum Gasteiger partial charge on any atom is -0.479 e. The largest absolute Gasteiger partial charge is 0.479 e. The summed E-state index contributed by atoms with van der Waals surface area (Å²) < 4.78 is 5.09. The molecule has 0 aromatic carbocycles. The van der Waals surface area contributed by atoms with Gasteiger partial charge in [-0.25, -0.2) is 4.79 Å². The molecule has 112 valence electrons. The number of rotatable bonds is 3. The fraction of sp³-hybridized carbons (Fsp3) is 0.769. The van der Waals surface area contributed by atoms with Crippen LogP contribution in [0.1, 0.15) is 20.3 Å². The van der Waals surface area contributed by atoms with Crippen LogP contribution in [0.25, 0.3) is 0 Å². The highest BCUT2D eigenvalue weighted by molar-refractivity contribution is 5.89. The standard InChI is InChI=1S/C13H20N2O5/c1-8(2)15-6-9(5-11(15)16)12(17)14-3-4-20-10(7-14)13(18)19/h8-10H,3-7H2,1-2H3,(H,18,19)/t9-,10-/m1/s1. The molecule has 0 bridgehead atoms. The third-order valence-corrected chi connectivity index (χ3v) is 3.78. The Labute approximate surface area is 117 Å². The van der Waals surface area contributed by atoms with E-state index in [0.717, 1.165) is 0 Å². The Balaban J connectivity index is 1.98. The number of hydrogen-bond donors (Lipinski definition) is 1. The molecule has 2 heterocycles. The Morgan fingerprint density at radius 3 is 2.60 bits per heavy atom. The molecule has 2 aliphatic rings. The predicted molar refractivity (Wildman–Crippen MR) is 68.9 cm³/mol. The summed E-state index contributed by atoms with van der Waals surface area (Å²) in [6, 6.07) is 0.0803. The number of carboxylic acid groups (broad SMARTS) is 1. The van der Waals surface area contributed by atoms with Gasteiger partial charge in [0.15, 0.2) is 6.10 Å². The zero-order chi connectivity index (χ0) is 14.9. The van der Waals surface area contributed by atoms with Crippen molar-refractivity contribution in [2.75, 3.05) is 26.2 Å². The lowest BCUT2D eigenvalue weighted by Crippen LogP contribution is -2.50. The number of likely N-dealkylation sites (tertiary alicyclic amines) is 1. The van der Waals surface area contributed by atoms with Gasteiger partial charge in [0, 0.05) is 25.6 Å². The summed E-state index contributed by atoms with van der Waals surface area (Å²) in [4.78, 5) is 38.3. The zero-order valence-electron chi connectivity index (χ0n) is 11.7. The molecule has 2 atom stereocenters. The topological polar surface area (TPSA) is 87.2 Å². The van der Waals surface area contributed by atoms with E-state index < -0.39 is 12.1 Å². The first-order valence-electron chi connectivity index (χ1n) is 6.82. The van der Waals surface area contributed by atoms with Gasteiger partial charge in [-0.05, 0) is 13.8 Å². The lowest BCUT2D eigenvalue weighted by Gasteiger charge is -2.32. The summed E-state index contributed by atoms with van der Waals surface area (Å²) in [5.74, 6) is -1.58. The normalized spacial score (nSPS) is 27.2. The number of carbonyl (C=O) groups is 3. The van der Waals surface area contributed by atoms with Crippen molar-refractivity contribution in [3.05, 3.63) is 0 Å². The van der Waals surface area contributed by atoms with Crippen LogP contribution >= 0.6 is 0 Å². The van der Waals surface area contributed by atoms with Gasteiger partial charge in [-0.2, -0.15) is 0 Å². The van der Waals surface area contributed by atoms with Crippen molar-refractivity contribution in [3.63, 3.8) is 0 Å². The van der Waals surface area contributed by atoms with Gasteiger partial charge in [-0.15, -0.1) is 0 Å². The average Bonchev–Trinajstić information content (AvgIpc) is 2.80. The zero-order valence-corrected chi connectivity index (χ0v) is 11.7. The molecule has 2 amide bonds. The maximum absolute atomic E-state index is 12.4. The molecular weight excluding hydrogens is 264 g/mol. The summed E-state index contributed by atoms with van der Waals surface area (Å²) in [6.45, 7) is 4.91. The van der Waals surface area contributed by atoms with Gasteiger partial charge in [-0.3, -0.25) is 9.59 Å². The van der Waals surface area contributed by atoms with Crippen LogP contribution < -0.4 is 0 Å². The Bertz CT molecular complexity index is 423. The fourth-order valence-electron chi connectivity index (χ4n) is 2.65. The minimum absolute atomic E-state index is 0.0126. The fourth-order valence-corrected chi connectivity index (χ4v) is 2.65. The lowest BCUT2D eigenvalue weighted by atomic mass is 10.1.